The fraction of sp³-hybridized carbons (Fsp3) is 0.292. The summed E-state index contributed by atoms with van der Waals surface area (Å²) >= 11 is 1.30. The summed E-state index contributed by atoms with van der Waals surface area (Å²) in [4.78, 5) is 56.8. The van der Waals surface area contributed by atoms with Crippen LogP contribution in [0.25, 0.3) is 10.9 Å². The number of benzene rings is 4. The molecule has 6 N–H and O–H groups in total. The van der Waals surface area contributed by atoms with Crippen LogP contribution >= 0.6 is 11.3 Å². The maximum Gasteiger partial charge on any atom is 0.408 e. The maximum atomic E-state index is 13.2. The molecule has 9 rings (SSSR count). The molecule has 63 heavy (non-hydrogen) atoms. The number of phenolic OH excluding ortho intramolecular Hbond substituents is 1. The lowest BCUT2D eigenvalue weighted by Gasteiger charge is -2.43. The summed E-state index contributed by atoms with van der Waals surface area (Å²) in [5, 5.41) is 30.5. The number of aliphatic hydroxyl groups excluding tert-OH is 1. The van der Waals surface area contributed by atoms with Crippen LogP contribution in [0.2, 0.25) is 0 Å². The summed E-state index contributed by atoms with van der Waals surface area (Å²) in [5.74, 6) is 0.140. The molecule has 2 amide bonds. The van der Waals surface area contributed by atoms with Crippen LogP contribution < -0.4 is 26.2 Å². The molecule has 3 aliphatic heterocycles. The number of phenols is 1. The molecule has 4 aromatic carbocycles. The number of alkyl carbamates (subject to hydrolysis) is 1. The molecule has 3 aliphatic rings. The number of ether oxygens (including phenoxy) is 3. The Kier molecular flexibility index (Phi) is 13.8. The number of nitrogens with zero attached hydrogens (tertiary/aromatic N) is 1. The number of carbonyl (C=O) groups is 3. The first-order valence-corrected chi connectivity index (χ1v) is 21.8. The van der Waals surface area contributed by atoms with Crippen molar-refractivity contribution in [3.8, 4) is 11.5 Å². The van der Waals surface area contributed by atoms with Gasteiger partial charge in [-0.25, -0.2) is 9.59 Å². The molecule has 2 aromatic heterocycles. The van der Waals surface area contributed by atoms with Crippen LogP contribution in [0, 0.1) is 5.92 Å². The second-order valence-corrected chi connectivity index (χ2v) is 16.9. The van der Waals surface area contributed by atoms with E-state index in [-0.39, 0.29) is 55.1 Å². The Morgan fingerprint density at radius 1 is 0.889 bits per heavy atom. The third kappa shape index (κ3) is 10.9. The number of fused-ring (bicyclic) bond motifs is 4. The Morgan fingerprint density at radius 3 is 2.46 bits per heavy atom. The zero-order valence-corrected chi connectivity index (χ0v) is 35.3. The SMILES string of the molecule is O=C(N[C@@H](c1ccccc1)c1cccc(OCc2ccc(C(=O)OCCNC(=O)c3ccc(CNCC(O)c4ccc(O)c5[nH]c(=O)ccc45)s3)cc2)c1)OC1CN2CCC1CC2. The number of thiophene rings is 1. The van der Waals surface area contributed by atoms with E-state index in [1.807, 2.05) is 60.7 Å². The topological polar surface area (TPSA) is 192 Å². The van der Waals surface area contributed by atoms with Gasteiger partial charge in [0, 0.05) is 36.0 Å². The molecule has 3 atom stereocenters. The largest absolute Gasteiger partial charge is 0.506 e. The van der Waals surface area contributed by atoms with E-state index in [4.69, 9.17) is 14.2 Å². The minimum absolute atomic E-state index is 0.0143. The van der Waals surface area contributed by atoms with Gasteiger partial charge in [0.2, 0.25) is 5.56 Å². The Labute approximate surface area is 367 Å². The highest BCUT2D eigenvalue weighted by atomic mass is 32.1. The van der Waals surface area contributed by atoms with Crippen molar-refractivity contribution in [2.24, 2.45) is 5.92 Å². The lowest BCUT2D eigenvalue weighted by atomic mass is 9.86. The van der Waals surface area contributed by atoms with Gasteiger partial charge in [-0.15, -0.1) is 11.3 Å². The molecule has 2 bridgehead atoms. The van der Waals surface area contributed by atoms with Crippen LogP contribution in [-0.2, 0) is 22.6 Å². The predicted octanol–water partition coefficient (Wildman–Crippen LogP) is 6.19. The van der Waals surface area contributed by atoms with Crippen LogP contribution in [0.1, 0.15) is 72.1 Å². The van der Waals surface area contributed by atoms with Gasteiger partial charge in [0.15, 0.2) is 0 Å². The quantitative estimate of drug-likeness (QED) is 0.0453. The zero-order valence-electron chi connectivity index (χ0n) is 34.5. The highest BCUT2D eigenvalue weighted by molar-refractivity contribution is 7.14. The lowest BCUT2D eigenvalue weighted by molar-refractivity contribution is -0.0336. The molecule has 14 nitrogen and oxygen atoms in total. The standard InChI is InChI=1S/C48H49N5O9S/c54-39-16-14-37(38-15-18-43(56)51-45(38)39)40(55)27-49-26-36-13-17-42(63-36)46(57)50-21-24-60-47(58)33-11-9-30(10-12-33)29-61-35-8-4-7-34(25-35)44(32-5-2-1-3-6-32)52-48(59)62-41-28-53-22-19-31(41)20-23-53/h1-18,25,31,40-41,44,49,54-55H,19-24,26-29H2,(H,50,57)(H,51,56)(H,52,59)/t40?,41?,44-/m0/s1. The predicted molar refractivity (Wildman–Crippen MR) is 238 cm³/mol. The fourth-order valence-corrected chi connectivity index (χ4v) is 8.98. The van der Waals surface area contributed by atoms with E-state index in [0.717, 1.165) is 54.0 Å². The first kappa shape index (κ1) is 43.1. The molecule has 0 saturated carbocycles. The van der Waals surface area contributed by atoms with E-state index in [2.05, 4.69) is 25.8 Å². The van der Waals surface area contributed by atoms with Crippen LogP contribution in [-0.4, -0.2) is 83.5 Å². The molecule has 0 aliphatic carbocycles. The number of piperidine rings is 3. The van der Waals surface area contributed by atoms with Gasteiger partial charge in [-0.2, -0.15) is 0 Å². The number of amides is 2. The molecule has 0 spiro atoms. The van der Waals surface area contributed by atoms with Crippen LogP contribution in [0.15, 0.2) is 120 Å². The van der Waals surface area contributed by atoms with Gasteiger partial charge in [-0.1, -0.05) is 60.7 Å². The average molecular weight is 872 g/mol. The Bertz CT molecular complexity index is 2590. The molecule has 2 unspecified atom stereocenters. The highest BCUT2D eigenvalue weighted by Gasteiger charge is 2.37. The zero-order chi connectivity index (χ0) is 43.7. The van der Waals surface area contributed by atoms with E-state index >= 15 is 0 Å². The summed E-state index contributed by atoms with van der Waals surface area (Å²) < 4.78 is 17.5. The van der Waals surface area contributed by atoms with Crippen LogP contribution in [0.3, 0.4) is 0 Å². The maximum absolute atomic E-state index is 13.2. The molecule has 6 aromatic rings. The van der Waals surface area contributed by atoms with Gasteiger partial charge in [0.1, 0.15) is 30.8 Å². The smallest absolute Gasteiger partial charge is 0.408 e. The monoisotopic (exact) mass is 871 g/mol. The van der Waals surface area contributed by atoms with Crippen molar-refractivity contribution in [2.45, 2.75) is 44.2 Å². The number of aromatic hydroxyl groups is 1. The molecule has 326 valence electrons. The fourth-order valence-electron chi connectivity index (χ4n) is 8.09. The number of H-pyrrole nitrogens is 1. The molecular weight excluding hydrogens is 823 g/mol. The van der Waals surface area contributed by atoms with Crippen molar-refractivity contribution in [1.29, 1.82) is 0 Å². The van der Waals surface area contributed by atoms with E-state index in [0.29, 0.717) is 39.6 Å². The molecule has 3 fully saturated rings. The lowest BCUT2D eigenvalue weighted by Crippen LogP contribution is -2.52. The number of carbonyl (C=O) groups excluding carboxylic acids is 3. The van der Waals surface area contributed by atoms with Crippen molar-refractivity contribution in [3.05, 3.63) is 163 Å². The molecule has 3 saturated heterocycles. The van der Waals surface area contributed by atoms with Gasteiger partial charge in [0.25, 0.3) is 5.91 Å². The van der Waals surface area contributed by atoms with Crippen molar-refractivity contribution in [2.75, 3.05) is 39.3 Å². The average Bonchev–Trinajstić information content (AvgIpc) is 3.79. The second kappa shape index (κ2) is 20.1. The summed E-state index contributed by atoms with van der Waals surface area (Å²) in [6, 6.07) is 33.4. The van der Waals surface area contributed by atoms with E-state index in [1.165, 1.54) is 23.5 Å². The van der Waals surface area contributed by atoms with Gasteiger partial charge < -0.3 is 45.4 Å². The normalized spacial score (nSPS) is 17.7. The number of hydrogen-bond donors (Lipinski definition) is 6. The third-order valence-corrected chi connectivity index (χ3v) is 12.5. The second-order valence-electron chi connectivity index (χ2n) is 15.7. The molecule has 0 radical (unpaired) electrons. The van der Waals surface area contributed by atoms with Gasteiger partial charge in [-0.3, -0.25) is 14.5 Å². The van der Waals surface area contributed by atoms with Crippen molar-refractivity contribution in [3.63, 3.8) is 0 Å². The summed E-state index contributed by atoms with van der Waals surface area (Å²) in [7, 11) is 0. The first-order valence-electron chi connectivity index (χ1n) is 21.0. The number of esters is 1. The van der Waals surface area contributed by atoms with Gasteiger partial charge in [0.05, 0.1) is 34.6 Å². The van der Waals surface area contributed by atoms with Gasteiger partial charge >= 0.3 is 12.1 Å². The minimum atomic E-state index is -0.909. The minimum Gasteiger partial charge on any atom is -0.506 e. The first-order chi connectivity index (χ1) is 30.7. The van der Waals surface area contributed by atoms with Crippen LogP contribution in [0.5, 0.6) is 11.5 Å². The third-order valence-electron chi connectivity index (χ3n) is 11.4. The van der Waals surface area contributed by atoms with E-state index < -0.39 is 24.2 Å². The Balaban J connectivity index is 0.762. The number of aromatic nitrogens is 1. The summed E-state index contributed by atoms with van der Waals surface area (Å²) in [6.45, 7) is 3.88. The van der Waals surface area contributed by atoms with E-state index in [1.54, 1.807) is 42.5 Å². The highest BCUT2D eigenvalue weighted by Crippen LogP contribution is 2.32. The number of pyridine rings is 1. The Morgan fingerprint density at radius 2 is 1.68 bits per heavy atom. The van der Waals surface area contributed by atoms with Crippen LogP contribution in [0.4, 0.5) is 4.79 Å². The number of rotatable bonds is 17. The Hall–Kier alpha value is -6.52. The molecular formula is C48H49N5O9S. The van der Waals surface area contributed by atoms with Crippen molar-refractivity contribution >= 4 is 40.2 Å². The summed E-state index contributed by atoms with van der Waals surface area (Å²) in [6.07, 6.45) is 0.666. The van der Waals surface area contributed by atoms with Crippen molar-refractivity contribution < 1.29 is 38.8 Å². The molecule has 15 heteroatoms. The number of aromatic amines is 1. The number of aliphatic hydroxyl groups is 1. The summed E-state index contributed by atoms with van der Waals surface area (Å²) in [5.41, 5.74) is 3.45. The van der Waals surface area contributed by atoms with Crippen molar-refractivity contribution in [1.82, 2.24) is 25.8 Å². The van der Waals surface area contributed by atoms with Gasteiger partial charge in [-0.05, 0) is 103 Å². The number of nitrogens with one attached hydrogen (secondary N) is 4. The molecule has 5 heterocycles. The van der Waals surface area contributed by atoms with E-state index in [9.17, 15) is 29.4 Å². The number of hydrogen-bond acceptors (Lipinski definition) is 12.